The maximum absolute atomic E-state index is 8.61. The number of nitrogens with one attached hydrogen (secondary N) is 2. The van der Waals surface area contributed by atoms with E-state index < -0.39 is 0 Å². The SMILES string of the molecule is CCNc1ccc(Cl)cc1NC=C(C#N)C#N. The van der Waals surface area contributed by atoms with Gasteiger partial charge in [0, 0.05) is 17.8 Å². The summed E-state index contributed by atoms with van der Waals surface area (Å²) in [5, 5.41) is 23.8. The van der Waals surface area contributed by atoms with Crippen LogP contribution < -0.4 is 10.6 Å². The molecule has 5 heteroatoms. The van der Waals surface area contributed by atoms with Gasteiger partial charge in [0.2, 0.25) is 0 Å². The second-order valence-electron chi connectivity index (χ2n) is 3.15. The van der Waals surface area contributed by atoms with Crippen LogP contribution in [0.5, 0.6) is 0 Å². The van der Waals surface area contributed by atoms with Crippen LogP contribution in [0, 0.1) is 22.7 Å². The molecule has 1 rings (SSSR count). The van der Waals surface area contributed by atoms with Gasteiger partial charge in [0.1, 0.15) is 17.7 Å². The van der Waals surface area contributed by atoms with Crippen molar-refractivity contribution in [2.75, 3.05) is 17.2 Å². The van der Waals surface area contributed by atoms with E-state index >= 15 is 0 Å². The third kappa shape index (κ3) is 3.71. The van der Waals surface area contributed by atoms with Gasteiger partial charge in [0.25, 0.3) is 0 Å². The van der Waals surface area contributed by atoms with Gasteiger partial charge in [-0.05, 0) is 25.1 Å². The molecule has 0 saturated heterocycles. The molecule has 0 unspecified atom stereocenters. The summed E-state index contributed by atoms with van der Waals surface area (Å²) in [5.74, 6) is 0. The molecule has 0 aromatic heterocycles. The molecule has 0 aliphatic rings. The van der Waals surface area contributed by atoms with Crippen LogP contribution in [0.2, 0.25) is 5.02 Å². The molecule has 0 saturated carbocycles. The number of benzene rings is 1. The fraction of sp³-hybridized carbons (Fsp3) is 0.167. The number of nitriles is 2. The summed E-state index contributed by atoms with van der Waals surface area (Å²) < 4.78 is 0. The van der Waals surface area contributed by atoms with E-state index in [0.717, 1.165) is 17.9 Å². The van der Waals surface area contributed by atoms with Gasteiger partial charge in [-0.25, -0.2) is 0 Å². The average Bonchev–Trinajstić information content (AvgIpc) is 2.34. The smallest absolute Gasteiger partial charge is 0.145 e. The quantitative estimate of drug-likeness (QED) is 0.801. The summed E-state index contributed by atoms with van der Waals surface area (Å²) >= 11 is 5.88. The first-order valence-corrected chi connectivity index (χ1v) is 5.39. The Morgan fingerprint density at radius 1 is 1.35 bits per heavy atom. The van der Waals surface area contributed by atoms with E-state index in [1.807, 2.05) is 13.0 Å². The molecule has 17 heavy (non-hydrogen) atoms. The van der Waals surface area contributed by atoms with Crippen LogP contribution in [-0.4, -0.2) is 6.54 Å². The first kappa shape index (κ1) is 12.9. The zero-order chi connectivity index (χ0) is 12.7. The molecule has 1 aromatic carbocycles. The van der Waals surface area contributed by atoms with Gasteiger partial charge < -0.3 is 10.6 Å². The monoisotopic (exact) mass is 246 g/mol. The predicted octanol–water partition coefficient (Wildman–Crippen LogP) is 3.11. The van der Waals surface area contributed by atoms with Gasteiger partial charge in [-0.15, -0.1) is 0 Å². The third-order valence-electron chi connectivity index (χ3n) is 1.96. The lowest BCUT2D eigenvalue weighted by Crippen LogP contribution is -2.01. The highest BCUT2D eigenvalue weighted by atomic mass is 35.5. The molecule has 0 radical (unpaired) electrons. The summed E-state index contributed by atoms with van der Waals surface area (Å²) in [6.07, 6.45) is 1.35. The van der Waals surface area contributed by atoms with Crippen molar-refractivity contribution in [2.45, 2.75) is 6.92 Å². The van der Waals surface area contributed by atoms with Crippen LogP contribution in [-0.2, 0) is 0 Å². The lowest BCUT2D eigenvalue weighted by Gasteiger charge is -2.10. The summed E-state index contributed by atoms with van der Waals surface area (Å²) in [7, 11) is 0. The number of nitrogens with zero attached hydrogens (tertiary/aromatic N) is 2. The minimum absolute atomic E-state index is 0.00687. The van der Waals surface area contributed by atoms with Gasteiger partial charge in [-0.1, -0.05) is 11.6 Å². The number of anilines is 2. The lowest BCUT2D eigenvalue weighted by molar-refractivity contribution is 1.21. The topological polar surface area (TPSA) is 71.6 Å². The molecular weight excluding hydrogens is 236 g/mol. The zero-order valence-corrected chi connectivity index (χ0v) is 10.0. The van der Waals surface area contributed by atoms with Crippen LogP contribution in [0.4, 0.5) is 11.4 Å². The third-order valence-corrected chi connectivity index (χ3v) is 2.20. The average molecular weight is 247 g/mol. The molecular formula is C12H11ClN4. The largest absolute Gasteiger partial charge is 0.384 e. The van der Waals surface area contributed by atoms with Crippen molar-refractivity contribution in [1.29, 1.82) is 10.5 Å². The van der Waals surface area contributed by atoms with Crippen molar-refractivity contribution in [2.24, 2.45) is 0 Å². The molecule has 0 atom stereocenters. The van der Waals surface area contributed by atoms with Gasteiger partial charge in [0.15, 0.2) is 0 Å². The van der Waals surface area contributed by atoms with E-state index in [-0.39, 0.29) is 5.57 Å². The second-order valence-corrected chi connectivity index (χ2v) is 3.58. The molecule has 0 heterocycles. The Kier molecular flexibility index (Phi) is 4.87. The summed E-state index contributed by atoms with van der Waals surface area (Å²) in [5.41, 5.74) is 1.60. The number of hydrogen-bond acceptors (Lipinski definition) is 4. The number of halogens is 1. The normalized spacial score (nSPS) is 8.71. The van der Waals surface area contributed by atoms with Crippen molar-refractivity contribution in [1.82, 2.24) is 0 Å². The Hall–Kier alpha value is -2.17. The van der Waals surface area contributed by atoms with Gasteiger partial charge in [0.05, 0.1) is 11.4 Å². The Morgan fingerprint density at radius 2 is 2.06 bits per heavy atom. The molecule has 1 aromatic rings. The maximum atomic E-state index is 8.61. The Labute approximate surface area is 105 Å². The summed E-state index contributed by atoms with van der Waals surface area (Å²) in [6.45, 7) is 2.74. The van der Waals surface area contributed by atoms with E-state index in [4.69, 9.17) is 22.1 Å². The lowest BCUT2D eigenvalue weighted by atomic mass is 10.2. The van der Waals surface area contributed by atoms with Crippen molar-refractivity contribution >= 4 is 23.0 Å². The van der Waals surface area contributed by atoms with E-state index in [2.05, 4.69) is 10.6 Å². The number of hydrogen-bond donors (Lipinski definition) is 2. The van der Waals surface area contributed by atoms with Crippen molar-refractivity contribution in [3.05, 3.63) is 35.0 Å². The minimum Gasteiger partial charge on any atom is -0.384 e. The first-order chi connectivity index (χ1) is 8.21. The van der Waals surface area contributed by atoms with Gasteiger partial charge in [-0.2, -0.15) is 10.5 Å². The highest BCUT2D eigenvalue weighted by molar-refractivity contribution is 6.31. The Balaban J connectivity index is 2.97. The molecule has 0 amide bonds. The van der Waals surface area contributed by atoms with E-state index in [1.165, 1.54) is 6.20 Å². The molecule has 0 spiro atoms. The maximum Gasteiger partial charge on any atom is 0.145 e. The standard InChI is InChI=1S/C12H11ClN4/c1-2-16-11-4-3-10(13)5-12(11)17-8-9(6-14)7-15/h3-5,8,16-17H,2H2,1H3. The Bertz CT molecular complexity index is 492. The van der Waals surface area contributed by atoms with E-state index in [1.54, 1.807) is 24.3 Å². The minimum atomic E-state index is 0.00687. The molecule has 0 bridgehead atoms. The number of allylic oxidation sites excluding steroid dienone is 1. The molecule has 0 aliphatic carbocycles. The molecule has 0 fully saturated rings. The second kappa shape index (κ2) is 6.42. The van der Waals surface area contributed by atoms with Crippen molar-refractivity contribution in [3.8, 4) is 12.1 Å². The van der Waals surface area contributed by atoms with E-state index in [0.29, 0.717) is 5.02 Å². The van der Waals surface area contributed by atoms with Crippen molar-refractivity contribution in [3.63, 3.8) is 0 Å². The van der Waals surface area contributed by atoms with Crippen LogP contribution >= 0.6 is 11.6 Å². The summed E-state index contributed by atoms with van der Waals surface area (Å²) in [4.78, 5) is 0. The van der Waals surface area contributed by atoms with Crippen molar-refractivity contribution < 1.29 is 0 Å². The molecule has 4 nitrogen and oxygen atoms in total. The Morgan fingerprint density at radius 3 is 2.65 bits per heavy atom. The van der Waals surface area contributed by atoms with Crippen LogP contribution in [0.3, 0.4) is 0 Å². The molecule has 86 valence electrons. The van der Waals surface area contributed by atoms with Gasteiger partial charge >= 0.3 is 0 Å². The highest BCUT2D eigenvalue weighted by Gasteiger charge is 2.01. The number of rotatable bonds is 4. The molecule has 0 aliphatic heterocycles. The zero-order valence-electron chi connectivity index (χ0n) is 9.29. The highest BCUT2D eigenvalue weighted by Crippen LogP contribution is 2.25. The first-order valence-electron chi connectivity index (χ1n) is 5.01. The van der Waals surface area contributed by atoms with Crippen LogP contribution in [0.15, 0.2) is 30.0 Å². The van der Waals surface area contributed by atoms with E-state index in [9.17, 15) is 0 Å². The van der Waals surface area contributed by atoms with Crippen LogP contribution in [0.25, 0.3) is 0 Å². The summed E-state index contributed by atoms with van der Waals surface area (Å²) in [6, 6.07) is 8.87. The molecule has 2 N–H and O–H groups in total. The van der Waals surface area contributed by atoms with Crippen LogP contribution in [0.1, 0.15) is 6.92 Å². The van der Waals surface area contributed by atoms with Gasteiger partial charge in [-0.3, -0.25) is 0 Å². The predicted molar refractivity (Wildman–Crippen MR) is 68.5 cm³/mol. The fourth-order valence-electron chi connectivity index (χ4n) is 1.22. The fourth-order valence-corrected chi connectivity index (χ4v) is 1.39.